The molecule has 1 aliphatic rings. The van der Waals surface area contributed by atoms with Gasteiger partial charge in [-0.2, -0.15) is 0 Å². The Morgan fingerprint density at radius 1 is 1.10 bits per heavy atom. The zero-order chi connectivity index (χ0) is 22.1. The number of nitrogens with zero attached hydrogens (tertiary/aromatic N) is 1. The number of aryl methyl sites for hydroxylation is 1. The molecule has 30 heavy (non-hydrogen) atoms. The van der Waals surface area contributed by atoms with Crippen molar-refractivity contribution >= 4 is 30.7 Å². The number of carbonyl (C=O) groups is 2. The molecule has 1 aromatic carbocycles. The third-order valence-electron chi connectivity index (χ3n) is 4.03. The Hall–Kier alpha value is -2.23. The molecule has 0 spiro atoms. The van der Waals surface area contributed by atoms with Crippen molar-refractivity contribution in [3.63, 3.8) is 0 Å². The van der Waals surface area contributed by atoms with Crippen molar-refractivity contribution in [3.8, 4) is 5.75 Å². The predicted octanol–water partition coefficient (Wildman–Crippen LogP) is 2.23. The molecule has 0 aliphatic carbocycles. The quantitative estimate of drug-likeness (QED) is 0.463. The summed E-state index contributed by atoms with van der Waals surface area (Å²) >= 11 is 1.05. The standard InChI is InChI=1S/C19H20N2O3S.H3O4P/c1-2-13-3-6-15(20-12-13)9-10-24-16-7-4-14(5-8-16)11-17-18(22)21-19(23)25-17;1-5(2,3)4/h3-8,12,17H,2,9-11H2,1H3,(H,21,22,23);(H3,1,2,3,4). The van der Waals surface area contributed by atoms with E-state index in [1.54, 1.807) is 0 Å². The molecule has 11 heteroatoms. The molecule has 0 radical (unpaired) electrons. The van der Waals surface area contributed by atoms with Gasteiger partial charge in [-0.05, 0) is 42.2 Å². The van der Waals surface area contributed by atoms with Crippen molar-refractivity contribution in [2.75, 3.05) is 6.61 Å². The summed E-state index contributed by atoms with van der Waals surface area (Å²) in [4.78, 5) is 48.8. The third kappa shape index (κ3) is 9.06. The van der Waals surface area contributed by atoms with Gasteiger partial charge in [-0.15, -0.1) is 0 Å². The van der Waals surface area contributed by atoms with Gasteiger partial charge in [0.1, 0.15) is 5.75 Å². The summed E-state index contributed by atoms with van der Waals surface area (Å²) in [6.07, 6.45) is 4.19. The molecule has 3 rings (SSSR count). The van der Waals surface area contributed by atoms with Gasteiger partial charge in [0.15, 0.2) is 0 Å². The predicted molar refractivity (Wildman–Crippen MR) is 112 cm³/mol. The lowest BCUT2D eigenvalue weighted by Crippen LogP contribution is -2.25. The van der Waals surface area contributed by atoms with Crippen molar-refractivity contribution in [2.45, 2.75) is 31.4 Å². The monoisotopic (exact) mass is 454 g/mol. The SMILES string of the molecule is CCc1ccc(CCOc2ccc(CC3SC(=O)NC3=O)cc2)nc1.O=P(O)(O)O. The second-order valence-corrected chi connectivity index (χ2v) is 8.56. The fourth-order valence-corrected chi connectivity index (χ4v) is 3.41. The summed E-state index contributed by atoms with van der Waals surface area (Å²) in [5, 5.41) is 1.70. The normalized spacial score (nSPS) is 15.9. The largest absolute Gasteiger partial charge is 0.493 e. The van der Waals surface area contributed by atoms with Gasteiger partial charge in [-0.1, -0.05) is 36.9 Å². The fraction of sp³-hybridized carbons (Fsp3) is 0.316. The molecule has 162 valence electrons. The van der Waals surface area contributed by atoms with Crippen molar-refractivity contribution < 1.29 is 33.6 Å². The molecule has 0 saturated carbocycles. The molecule has 1 saturated heterocycles. The number of imide groups is 1. The number of amides is 2. The summed E-state index contributed by atoms with van der Waals surface area (Å²) in [6, 6.07) is 11.8. The number of benzene rings is 1. The van der Waals surface area contributed by atoms with Crippen LogP contribution in [0.15, 0.2) is 42.6 Å². The maximum absolute atomic E-state index is 11.6. The average molecular weight is 454 g/mol. The van der Waals surface area contributed by atoms with E-state index in [2.05, 4.69) is 23.3 Å². The van der Waals surface area contributed by atoms with Crippen LogP contribution in [-0.4, -0.2) is 42.7 Å². The molecule has 1 fully saturated rings. The third-order valence-corrected chi connectivity index (χ3v) is 5.01. The smallest absolute Gasteiger partial charge is 0.466 e. The summed E-state index contributed by atoms with van der Waals surface area (Å²) in [7, 11) is -4.64. The Labute approximate surface area is 178 Å². The van der Waals surface area contributed by atoms with Gasteiger partial charge in [0.25, 0.3) is 5.24 Å². The van der Waals surface area contributed by atoms with Crippen LogP contribution in [0.4, 0.5) is 4.79 Å². The van der Waals surface area contributed by atoms with Crippen LogP contribution in [0, 0.1) is 0 Å². The van der Waals surface area contributed by atoms with Crippen LogP contribution in [0.5, 0.6) is 5.75 Å². The van der Waals surface area contributed by atoms with Gasteiger partial charge < -0.3 is 19.4 Å². The molecule has 1 unspecified atom stereocenters. The first-order valence-electron chi connectivity index (χ1n) is 9.09. The Morgan fingerprint density at radius 3 is 2.23 bits per heavy atom. The molecular formula is C19H23N2O7PS. The van der Waals surface area contributed by atoms with E-state index in [4.69, 9.17) is 24.0 Å². The topological polar surface area (TPSA) is 146 Å². The van der Waals surface area contributed by atoms with E-state index in [-0.39, 0.29) is 16.4 Å². The van der Waals surface area contributed by atoms with E-state index < -0.39 is 7.82 Å². The number of aromatic nitrogens is 1. The van der Waals surface area contributed by atoms with E-state index in [0.717, 1.165) is 41.6 Å². The van der Waals surface area contributed by atoms with Crippen molar-refractivity contribution in [1.29, 1.82) is 0 Å². The minimum atomic E-state index is -4.64. The average Bonchev–Trinajstić information content (AvgIpc) is 2.99. The summed E-state index contributed by atoms with van der Waals surface area (Å²) < 4.78 is 14.6. The molecule has 1 aliphatic heterocycles. The highest BCUT2D eigenvalue weighted by atomic mass is 32.2. The van der Waals surface area contributed by atoms with Crippen LogP contribution in [0.2, 0.25) is 0 Å². The van der Waals surface area contributed by atoms with Gasteiger partial charge in [-0.3, -0.25) is 19.9 Å². The van der Waals surface area contributed by atoms with E-state index in [0.29, 0.717) is 13.0 Å². The van der Waals surface area contributed by atoms with E-state index in [1.807, 2.05) is 36.5 Å². The Bertz CT molecular complexity index is 892. The lowest BCUT2D eigenvalue weighted by Gasteiger charge is -2.09. The van der Waals surface area contributed by atoms with Gasteiger partial charge in [-0.25, -0.2) is 4.57 Å². The first kappa shape index (κ1) is 24.0. The lowest BCUT2D eigenvalue weighted by molar-refractivity contribution is -0.118. The molecule has 0 bridgehead atoms. The molecule has 1 atom stereocenters. The van der Waals surface area contributed by atoms with Crippen molar-refractivity contribution in [3.05, 3.63) is 59.4 Å². The molecule has 2 aromatic rings. The number of nitrogens with one attached hydrogen (secondary N) is 1. The minimum Gasteiger partial charge on any atom is -0.493 e. The van der Waals surface area contributed by atoms with Crippen molar-refractivity contribution in [1.82, 2.24) is 10.3 Å². The van der Waals surface area contributed by atoms with E-state index in [9.17, 15) is 9.59 Å². The maximum atomic E-state index is 11.6. The summed E-state index contributed by atoms with van der Waals surface area (Å²) in [6.45, 7) is 2.67. The van der Waals surface area contributed by atoms with E-state index >= 15 is 0 Å². The highest BCUT2D eigenvalue weighted by Gasteiger charge is 2.31. The highest BCUT2D eigenvalue weighted by molar-refractivity contribution is 8.15. The van der Waals surface area contributed by atoms with Gasteiger partial charge in [0.2, 0.25) is 5.91 Å². The Balaban J connectivity index is 0.000000575. The minimum absolute atomic E-state index is 0.211. The second-order valence-electron chi connectivity index (χ2n) is 6.35. The van der Waals surface area contributed by atoms with E-state index in [1.165, 1.54) is 5.56 Å². The highest BCUT2D eigenvalue weighted by Crippen LogP contribution is 2.26. The van der Waals surface area contributed by atoms with Crippen LogP contribution in [-0.2, 0) is 28.6 Å². The number of rotatable bonds is 7. The molecule has 9 nitrogen and oxygen atoms in total. The Kier molecular flexibility index (Phi) is 9.01. The number of phosphoric acid groups is 1. The number of carbonyl (C=O) groups excluding carboxylic acids is 2. The van der Waals surface area contributed by atoms with Crippen LogP contribution < -0.4 is 10.1 Å². The molecule has 2 amide bonds. The van der Waals surface area contributed by atoms with Crippen LogP contribution in [0.1, 0.15) is 23.7 Å². The Morgan fingerprint density at radius 2 is 1.73 bits per heavy atom. The first-order valence-corrected chi connectivity index (χ1v) is 11.5. The number of pyridine rings is 1. The summed E-state index contributed by atoms with van der Waals surface area (Å²) in [5.74, 6) is 0.574. The van der Waals surface area contributed by atoms with Crippen LogP contribution in [0.3, 0.4) is 0 Å². The number of hydrogen-bond acceptors (Lipinski definition) is 6. The molecular weight excluding hydrogens is 431 g/mol. The molecule has 4 N–H and O–H groups in total. The molecule has 1 aromatic heterocycles. The number of thioether (sulfide) groups is 1. The van der Waals surface area contributed by atoms with Crippen molar-refractivity contribution in [2.24, 2.45) is 0 Å². The second kappa shape index (κ2) is 11.2. The van der Waals surface area contributed by atoms with Crippen LogP contribution >= 0.6 is 19.6 Å². The van der Waals surface area contributed by atoms with Gasteiger partial charge in [0.05, 0.1) is 11.9 Å². The van der Waals surface area contributed by atoms with Gasteiger partial charge in [0, 0.05) is 18.3 Å². The molecule has 2 heterocycles. The fourth-order valence-electron chi connectivity index (χ4n) is 2.55. The van der Waals surface area contributed by atoms with Gasteiger partial charge >= 0.3 is 7.82 Å². The number of ether oxygens (including phenoxy) is 1. The summed E-state index contributed by atoms with van der Waals surface area (Å²) in [5.41, 5.74) is 3.25. The lowest BCUT2D eigenvalue weighted by atomic mass is 10.1. The number of hydrogen-bond donors (Lipinski definition) is 4. The van der Waals surface area contributed by atoms with Crippen LogP contribution in [0.25, 0.3) is 0 Å². The first-order chi connectivity index (χ1) is 14.1. The maximum Gasteiger partial charge on any atom is 0.466 e. The zero-order valence-corrected chi connectivity index (χ0v) is 17.9. The zero-order valence-electron chi connectivity index (χ0n) is 16.2.